The van der Waals surface area contributed by atoms with E-state index in [4.69, 9.17) is 0 Å². The third kappa shape index (κ3) is 2.22. The number of nitrogens with one attached hydrogen (secondary N) is 1. The zero-order valence-corrected chi connectivity index (χ0v) is 12.2. The Bertz CT molecular complexity index is 436. The van der Waals surface area contributed by atoms with Crippen LogP contribution in [0.5, 0.6) is 0 Å². The summed E-state index contributed by atoms with van der Waals surface area (Å²) in [6.45, 7) is 5.37. The Hall–Kier alpha value is -0.240. The first kappa shape index (κ1) is 12.2. The largest absolute Gasteiger partial charge is 0.351 e. The number of aromatic nitrogens is 2. The average molecular weight is 351 g/mol. The van der Waals surface area contributed by atoms with E-state index in [0.717, 1.165) is 18.1 Å². The summed E-state index contributed by atoms with van der Waals surface area (Å²) in [6.07, 6.45) is 1.49. The fourth-order valence-corrected chi connectivity index (χ4v) is 3.51. The van der Waals surface area contributed by atoms with E-state index < -0.39 is 0 Å². The summed E-state index contributed by atoms with van der Waals surface area (Å²) < 4.78 is 0.686. The van der Waals surface area contributed by atoms with E-state index in [1.165, 1.54) is 6.33 Å². The Balaban J connectivity index is 2.36. The van der Waals surface area contributed by atoms with Gasteiger partial charge in [-0.1, -0.05) is 6.92 Å². The molecule has 4 nitrogen and oxygen atoms in total. The maximum atomic E-state index is 11.5. The van der Waals surface area contributed by atoms with Crippen molar-refractivity contribution >= 4 is 40.2 Å². The molecule has 0 saturated carbocycles. The highest BCUT2D eigenvalue weighted by atomic mass is 127. The van der Waals surface area contributed by atoms with Crippen LogP contribution in [0.3, 0.4) is 0 Å². The van der Waals surface area contributed by atoms with Crippen LogP contribution in [0.1, 0.15) is 13.8 Å². The minimum Gasteiger partial charge on any atom is -0.351 e. The molecule has 16 heavy (non-hydrogen) atoms. The summed E-state index contributed by atoms with van der Waals surface area (Å²) in [5, 5.41) is 0.575. The van der Waals surface area contributed by atoms with Crippen LogP contribution in [0.25, 0.3) is 0 Å². The Morgan fingerprint density at radius 2 is 2.38 bits per heavy atom. The Morgan fingerprint density at radius 3 is 3.12 bits per heavy atom. The highest BCUT2D eigenvalue weighted by Gasteiger charge is 2.27. The molecule has 0 aliphatic carbocycles. The van der Waals surface area contributed by atoms with Crippen LogP contribution >= 0.6 is 34.4 Å². The molecule has 1 N–H and O–H groups in total. The summed E-state index contributed by atoms with van der Waals surface area (Å²) in [7, 11) is 0. The van der Waals surface area contributed by atoms with Gasteiger partial charge in [-0.05, 0) is 29.5 Å². The van der Waals surface area contributed by atoms with E-state index in [2.05, 4.69) is 51.3 Å². The number of anilines is 1. The predicted molar refractivity (Wildman–Crippen MR) is 76.3 cm³/mol. The van der Waals surface area contributed by atoms with Gasteiger partial charge in [-0.25, -0.2) is 4.98 Å². The molecule has 2 heterocycles. The van der Waals surface area contributed by atoms with Crippen molar-refractivity contribution in [1.82, 2.24) is 9.97 Å². The van der Waals surface area contributed by atoms with E-state index in [-0.39, 0.29) is 5.56 Å². The molecule has 0 amide bonds. The van der Waals surface area contributed by atoms with E-state index in [0.29, 0.717) is 14.9 Å². The van der Waals surface area contributed by atoms with Gasteiger partial charge in [-0.3, -0.25) is 4.79 Å². The molecule has 1 fully saturated rings. The fourth-order valence-electron chi connectivity index (χ4n) is 1.81. The van der Waals surface area contributed by atoms with Crippen molar-refractivity contribution < 1.29 is 0 Å². The third-order valence-electron chi connectivity index (χ3n) is 2.93. The van der Waals surface area contributed by atoms with Crippen LogP contribution in [-0.2, 0) is 0 Å². The lowest BCUT2D eigenvalue weighted by Crippen LogP contribution is -2.46. The molecule has 1 aliphatic heterocycles. The van der Waals surface area contributed by atoms with E-state index in [9.17, 15) is 4.79 Å². The second-order valence-electron chi connectivity index (χ2n) is 3.88. The molecule has 2 rings (SSSR count). The molecule has 1 saturated heterocycles. The van der Waals surface area contributed by atoms with Crippen LogP contribution < -0.4 is 10.5 Å². The van der Waals surface area contributed by atoms with Crippen LogP contribution in [-0.4, -0.2) is 33.6 Å². The highest BCUT2D eigenvalue weighted by molar-refractivity contribution is 14.1. The van der Waals surface area contributed by atoms with Crippen molar-refractivity contribution in [1.29, 1.82) is 0 Å². The van der Waals surface area contributed by atoms with E-state index >= 15 is 0 Å². The molecule has 6 heteroatoms. The summed E-state index contributed by atoms with van der Waals surface area (Å²) in [6, 6.07) is 0.418. The first-order chi connectivity index (χ1) is 7.61. The molecular formula is C10H14IN3OS. The molecule has 88 valence electrons. The fraction of sp³-hybridized carbons (Fsp3) is 0.600. The molecule has 2 atom stereocenters. The summed E-state index contributed by atoms with van der Waals surface area (Å²) in [5.74, 6) is 1.92. The van der Waals surface area contributed by atoms with Gasteiger partial charge >= 0.3 is 0 Å². The monoisotopic (exact) mass is 351 g/mol. The molecule has 2 unspecified atom stereocenters. The Kier molecular flexibility index (Phi) is 3.78. The van der Waals surface area contributed by atoms with Gasteiger partial charge < -0.3 is 9.88 Å². The van der Waals surface area contributed by atoms with Crippen LogP contribution in [0.15, 0.2) is 11.1 Å². The molecule has 0 radical (unpaired) electrons. The lowest BCUT2D eigenvalue weighted by molar-refractivity contribution is 0.617. The van der Waals surface area contributed by atoms with Gasteiger partial charge in [0.1, 0.15) is 9.39 Å². The SMILES string of the molecule is CC1SCCN(c2nc[nH]c(=O)c2I)C1C. The summed E-state index contributed by atoms with van der Waals surface area (Å²) >= 11 is 4.05. The molecule has 0 aromatic carbocycles. The maximum Gasteiger partial charge on any atom is 0.266 e. The lowest BCUT2D eigenvalue weighted by atomic mass is 10.2. The van der Waals surface area contributed by atoms with Crippen molar-refractivity contribution in [2.45, 2.75) is 25.1 Å². The number of rotatable bonds is 1. The van der Waals surface area contributed by atoms with Crippen LogP contribution in [0.4, 0.5) is 5.82 Å². The quantitative estimate of drug-likeness (QED) is 0.783. The van der Waals surface area contributed by atoms with Crippen molar-refractivity contribution in [2.24, 2.45) is 0 Å². The number of H-pyrrole nitrogens is 1. The smallest absolute Gasteiger partial charge is 0.266 e. The number of hydrogen-bond acceptors (Lipinski definition) is 4. The number of thioether (sulfide) groups is 1. The molecule has 1 aromatic heterocycles. The van der Waals surface area contributed by atoms with Crippen LogP contribution in [0.2, 0.25) is 0 Å². The maximum absolute atomic E-state index is 11.5. The first-order valence-electron chi connectivity index (χ1n) is 5.22. The predicted octanol–water partition coefficient (Wildman–Crippen LogP) is 1.70. The standard InChI is InChI=1S/C10H14IN3OS/c1-6-7(2)16-4-3-14(6)9-8(11)10(15)13-5-12-9/h5-7H,3-4H2,1-2H3,(H,12,13,15). The minimum absolute atomic E-state index is 0.0521. The Labute approximate surface area is 112 Å². The molecule has 0 bridgehead atoms. The normalized spacial score (nSPS) is 25.8. The van der Waals surface area contributed by atoms with Crippen LogP contribution in [0, 0.1) is 3.57 Å². The topological polar surface area (TPSA) is 49.0 Å². The summed E-state index contributed by atoms with van der Waals surface area (Å²) in [4.78, 5) is 20.7. The average Bonchev–Trinajstić information content (AvgIpc) is 2.27. The highest BCUT2D eigenvalue weighted by Crippen LogP contribution is 2.28. The molecular weight excluding hydrogens is 337 g/mol. The van der Waals surface area contributed by atoms with Gasteiger partial charge in [-0.15, -0.1) is 0 Å². The summed E-state index contributed by atoms with van der Waals surface area (Å²) in [5.41, 5.74) is -0.0521. The zero-order valence-electron chi connectivity index (χ0n) is 9.24. The van der Waals surface area contributed by atoms with Crippen molar-refractivity contribution in [2.75, 3.05) is 17.2 Å². The van der Waals surface area contributed by atoms with E-state index in [1.807, 2.05) is 11.8 Å². The van der Waals surface area contributed by atoms with Crippen molar-refractivity contribution in [3.8, 4) is 0 Å². The van der Waals surface area contributed by atoms with Gasteiger partial charge in [0, 0.05) is 23.6 Å². The van der Waals surface area contributed by atoms with Gasteiger partial charge in [0.15, 0.2) is 0 Å². The number of halogens is 1. The number of nitrogens with zero attached hydrogens (tertiary/aromatic N) is 2. The number of aromatic amines is 1. The second kappa shape index (κ2) is 4.95. The molecule has 1 aromatic rings. The van der Waals surface area contributed by atoms with Gasteiger partial charge in [0.25, 0.3) is 5.56 Å². The lowest BCUT2D eigenvalue weighted by Gasteiger charge is -2.38. The van der Waals surface area contributed by atoms with Gasteiger partial charge in [0.2, 0.25) is 0 Å². The zero-order chi connectivity index (χ0) is 11.7. The second-order valence-corrected chi connectivity index (χ2v) is 6.44. The molecule has 1 aliphatic rings. The minimum atomic E-state index is -0.0521. The van der Waals surface area contributed by atoms with Gasteiger partial charge in [0.05, 0.1) is 6.33 Å². The van der Waals surface area contributed by atoms with Crippen molar-refractivity contribution in [3.05, 3.63) is 20.3 Å². The number of hydrogen-bond donors (Lipinski definition) is 1. The Morgan fingerprint density at radius 1 is 1.62 bits per heavy atom. The van der Waals surface area contributed by atoms with Crippen molar-refractivity contribution in [3.63, 3.8) is 0 Å². The van der Waals surface area contributed by atoms with Gasteiger partial charge in [-0.2, -0.15) is 11.8 Å². The van der Waals surface area contributed by atoms with E-state index in [1.54, 1.807) is 0 Å². The first-order valence-corrected chi connectivity index (χ1v) is 7.35. The third-order valence-corrected chi connectivity index (χ3v) is 5.24. The molecule has 0 spiro atoms.